The zero-order valence-electron chi connectivity index (χ0n) is 16.7. The van der Waals surface area contributed by atoms with Crippen LogP contribution in [0.2, 0.25) is 0 Å². The Kier molecular flexibility index (Phi) is 6.77. The number of hydrogen-bond donors (Lipinski definition) is 0. The second-order valence-electron chi connectivity index (χ2n) is 8.10. The van der Waals surface area contributed by atoms with Crippen LogP contribution in [-0.2, 0) is 0 Å². The fourth-order valence-corrected chi connectivity index (χ4v) is 4.48. The van der Waals surface area contributed by atoms with E-state index in [9.17, 15) is 0 Å². The van der Waals surface area contributed by atoms with Crippen LogP contribution in [-0.4, -0.2) is 5.54 Å². The molecule has 0 aromatic heterocycles. The van der Waals surface area contributed by atoms with Gasteiger partial charge in [-0.2, -0.15) is 0 Å². The van der Waals surface area contributed by atoms with Gasteiger partial charge in [0.25, 0.3) is 0 Å². The average molecular weight is 350 g/mol. The molecule has 0 spiro atoms. The maximum atomic E-state index is 2.63. The second kappa shape index (κ2) is 9.26. The monoisotopic (exact) mass is 349 g/mol. The van der Waals surface area contributed by atoms with Crippen LogP contribution in [0, 0.1) is 0 Å². The van der Waals surface area contributed by atoms with Crippen molar-refractivity contribution in [3.05, 3.63) is 66.2 Å². The van der Waals surface area contributed by atoms with Crippen molar-refractivity contribution in [3.8, 4) is 0 Å². The number of anilines is 1. The largest absolute Gasteiger partial charge is 0.354 e. The van der Waals surface area contributed by atoms with E-state index < -0.39 is 0 Å². The Morgan fingerprint density at radius 2 is 1.27 bits per heavy atom. The van der Waals surface area contributed by atoms with Crippen LogP contribution in [0.3, 0.4) is 0 Å². The van der Waals surface area contributed by atoms with Gasteiger partial charge < -0.3 is 4.90 Å². The minimum absolute atomic E-state index is 0.269. The van der Waals surface area contributed by atoms with Gasteiger partial charge in [-0.1, -0.05) is 107 Å². The fourth-order valence-electron chi connectivity index (χ4n) is 4.48. The Bertz CT molecular complexity index is 588. The molecule has 26 heavy (non-hydrogen) atoms. The molecule has 2 aromatic carbocycles. The molecule has 1 nitrogen and oxygen atoms in total. The summed E-state index contributed by atoms with van der Waals surface area (Å²) >= 11 is 0. The summed E-state index contributed by atoms with van der Waals surface area (Å²) in [5.41, 5.74) is 3.09. The lowest BCUT2D eigenvalue weighted by molar-refractivity contribution is 0.523. The van der Waals surface area contributed by atoms with Crippen molar-refractivity contribution in [2.24, 2.45) is 0 Å². The van der Waals surface area contributed by atoms with Crippen LogP contribution in [0.15, 0.2) is 60.7 Å². The Morgan fingerprint density at radius 1 is 0.731 bits per heavy atom. The van der Waals surface area contributed by atoms with E-state index in [0.29, 0.717) is 6.04 Å². The number of para-hydroxylation sites is 1. The second-order valence-corrected chi connectivity index (χ2v) is 8.10. The van der Waals surface area contributed by atoms with Crippen molar-refractivity contribution in [1.29, 1.82) is 0 Å². The lowest BCUT2D eigenvalue weighted by atomic mass is 9.94. The number of benzene rings is 2. The lowest BCUT2D eigenvalue weighted by Crippen LogP contribution is -2.13. The van der Waals surface area contributed by atoms with Crippen LogP contribution in [0.5, 0.6) is 0 Å². The third kappa shape index (κ3) is 4.50. The third-order valence-corrected chi connectivity index (χ3v) is 6.02. The fraction of sp³-hybridized carbons (Fsp3) is 0.520. The van der Waals surface area contributed by atoms with Crippen LogP contribution in [0.1, 0.15) is 83.2 Å². The molecule has 2 aromatic rings. The smallest absolute Gasteiger partial charge is 0.0778 e. The predicted molar refractivity (Wildman–Crippen MR) is 114 cm³/mol. The summed E-state index contributed by atoms with van der Waals surface area (Å²) in [6.45, 7) is 4.75. The maximum absolute atomic E-state index is 2.63. The van der Waals surface area contributed by atoms with Crippen LogP contribution in [0.25, 0.3) is 0 Å². The molecule has 0 bridgehead atoms. The van der Waals surface area contributed by atoms with Crippen molar-refractivity contribution < 1.29 is 0 Å². The summed E-state index contributed by atoms with van der Waals surface area (Å²) in [6, 6.07) is 22.5. The van der Waals surface area contributed by atoms with Crippen LogP contribution < -0.4 is 4.90 Å². The standard InChI is InChI=1S/C25H35N/c1-3-4-5-6-7-8-9-16-21-25(2)24(22-17-12-10-13-18-22)26(25)23-19-14-11-15-20-23/h10-15,17-20,24H,3-9,16,21H2,1-2H3/t24-,25-,26?/m1/s1. The topological polar surface area (TPSA) is 3.01 Å². The zero-order valence-corrected chi connectivity index (χ0v) is 16.7. The van der Waals surface area contributed by atoms with E-state index in [4.69, 9.17) is 0 Å². The highest BCUT2D eigenvalue weighted by Crippen LogP contribution is 2.58. The molecule has 140 valence electrons. The lowest BCUT2D eigenvalue weighted by Gasteiger charge is -2.13. The van der Waals surface area contributed by atoms with Gasteiger partial charge in [-0.3, -0.25) is 0 Å². The highest BCUT2D eigenvalue weighted by molar-refractivity contribution is 5.62. The Labute approximate surface area is 160 Å². The van der Waals surface area contributed by atoms with Crippen molar-refractivity contribution in [1.82, 2.24) is 0 Å². The molecule has 0 N–H and O–H groups in total. The van der Waals surface area contributed by atoms with Gasteiger partial charge in [-0.25, -0.2) is 0 Å². The summed E-state index contributed by atoms with van der Waals surface area (Å²) in [4.78, 5) is 2.63. The van der Waals surface area contributed by atoms with Gasteiger partial charge in [-0.05, 0) is 31.0 Å². The first-order chi connectivity index (χ1) is 12.8. The van der Waals surface area contributed by atoms with Crippen molar-refractivity contribution in [2.75, 3.05) is 4.90 Å². The molecule has 3 rings (SSSR count). The van der Waals surface area contributed by atoms with E-state index in [-0.39, 0.29) is 5.54 Å². The number of nitrogens with zero attached hydrogens (tertiary/aromatic N) is 1. The van der Waals surface area contributed by atoms with Gasteiger partial charge in [0.15, 0.2) is 0 Å². The van der Waals surface area contributed by atoms with Crippen LogP contribution >= 0.6 is 0 Å². The Morgan fingerprint density at radius 3 is 1.88 bits per heavy atom. The molecule has 1 heteroatoms. The van der Waals surface area contributed by atoms with Crippen LogP contribution in [0.4, 0.5) is 5.69 Å². The molecule has 1 saturated heterocycles. The zero-order chi connectivity index (χ0) is 18.2. The first kappa shape index (κ1) is 19.0. The molecule has 1 fully saturated rings. The predicted octanol–water partition coefficient (Wildman–Crippen LogP) is 7.54. The molecular formula is C25H35N. The van der Waals surface area contributed by atoms with Crippen molar-refractivity contribution in [3.63, 3.8) is 0 Å². The summed E-state index contributed by atoms with van der Waals surface area (Å²) in [7, 11) is 0. The quantitative estimate of drug-likeness (QED) is 0.299. The molecule has 0 saturated carbocycles. The van der Waals surface area contributed by atoms with Gasteiger partial charge >= 0.3 is 0 Å². The van der Waals surface area contributed by atoms with Gasteiger partial charge in [-0.15, -0.1) is 0 Å². The van der Waals surface area contributed by atoms with E-state index in [1.807, 2.05) is 0 Å². The van der Waals surface area contributed by atoms with Crippen molar-refractivity contribution >= 4 is 5.69 Å². The molecule has 1 aliphatic heterocycles. The van der Waals surface area contributed by atoms with Gasteiger partial charge in [0, 0.05) is 5.69 Å². The summed E-state index contributed by atoms with van der Waals surface area (Å²) in [5.74, 6) is 0. The minimum atomic E-state index is 0.269. The Balaban J connectivity index is 1.55. The molecule has 0 radical (unpaired) electrons. The molecule has 2 atom stereocenters. The summed E-state index contributed by atoms with van der Waals surface area (Å²) in [5, 5.41) is 0. The summed E-state index contributed by atoms with van der Waals surface area (Å²) in [6.07, 6.45) is 12.4. The minimum Gasteiger partial charge on any atom is -0.354 e. The number of rotatable bonds is 11. The van der Waals surface area contributed by atoms with Gasteiger partial charge in [0.05, 0.1) is 11.6 Å². The van der Waals surface area contributed by atoms with Crippen molar-refractivity contribution in [2.45, 2.75) is 83.2 Å². The Hall–Kier alpha value is -1.76. The normalized spacial score (nSPS) is 21.8. The third-order valence-electron chi connectivity index (χ3n) is 6.02. The van der Waals surface area contributed by atoms with E-state index in [0.717, 1.165) is 0 Å². The molecule has 0 aliphatic carbocycles. The van der Waals surface area contributed by atoms with E-state index in [1.165, 1.54) is 69.0 Å². The number of unbranched alkanes of at least 4 members (excludes halogenated alkanes) is 7. The van der Waals surface area contributed by atoms with E-state index in [2.05, 4.69) is 79.4 Å². The van der Waals surface area contributed by atoms with Gasteiger partial charge in [0.1, 0.15) is 0 Å². The number of hydrogen-bond acceptors (Lipinski definition) is 1. The first-order valence-corrected chi connectivity index (χ1v) is 10.7. The van der Waals surface area contributed by atoms with E-state index in [1.54, 1.807) is 0 Å². The molecule has 1 heterocycles. The van der Waals surface area contributed by atoms with E-state index >= 15 is 0 Å². The maximum Gasteiger partial charge on any atom is 0.0778 e. The summed E-state index contributed by atoms with van der Waals surface area (Å²) < 4.78 is 0. The molecule has 1 aliphatic rings. The van der Waals surface area contributed by atoms with Gasteiger partial charge in [0.2, 0.25) is 0 Å². The molecule has 0 unspecified atom stereocenters. The SMILES string of the molecule is CCCCCCCCCC[C@]1(C)[C@@H](c2ccccc2)N1c1ccccc1. The first-order valence-electron chi connectivity index (χ1n) is 10.7. The molecule has 0 amide bonds. The highest BCUT2D eigenvalue weighted by Gasteiger charge is 2.58. The average Bonchev–Trinajstić information content (AvgIpc) is 3.31. The highest BCUT2D eigenvalue weighted by atomic mass is 15.4. The molecular weight excluding hydrogens is 314 g/mol.